The molecule has 2 fully saturated rings. The van der Waals surface area contributed by atoms with E-state index in [1.54, 1.807) is 12.1 Å². The number of carbonyl (C=O) groups is 1. The van der Waals surface area contributed by atoms with Crippen LogP contribution in [0.15, 0.2) is 46.9 Å². The van der Waals surface area contributed by atoms with E-state index in [1.165, 1.54) is 25.3 Å². The summed E-state index contributed by atoms with van der Waals surface area (Å²) >= 11 is 0. The van der Waals surface area contributed by atoms with Gasteiger partial charge in [0.1, 0.15) is 17.4 Å². The van der Waals surface area contributed by atoms with Gasteiger partial charge in [0, 0.05) is 18.2 Å². The van der Waals surface area contributed by atoms with Crippen molar-refractivity contribution in [3.8, 4) is 11.1 Å². The third-order valence-electron chi connectivity index (χ3n) is 6.32. The van der Waals surface area contributed by atoms with Crippen LogP contribution < -0.4 is 5.32 Å². The van der Waals surface area contributed by atoms with E-state index in [4.69, 9.17) is 4.42 Å². The molecule has 6 heteroatoms. The molecule has 2 amide bonds. The number of amides is 2. The van der Waals surface area contributed by atoms with Crippen LogP contribution in [0.1, 0.15) is 56.9 Å². The average Bonchev–Trinajstić information content (AvgIpc) is 3.41. The van der Waals surface area contributed by atoms with E-state index in [9.17, 15) is 9.18 Å². The lowest BCUT2D eigenvalue weighted by molar-refractivity contribution is 0.178. The molecule has 1 saturated carbocycles. The first-order chi connectivity index (χ1) is 14.7. The molecule has 1 N–H and O–H groups in total. The van der Waals surface area contributed by atoms with Crippen molar-refractivity contribution in [1.82, 2.24) is 15.2 Å². The number of carbonyl (C=O) groups excluding carboxylic acids is 1. The highest BCUT2D eigenvalue weighted by Gasteiger charge is 2.34. The van der Waals surface area contributed by atoms with Crippen molar-refractivity contribution < 1.29 is 13.6 Å². The van der Waals surface area contributed by atoms with E-state index in [0.29, 0.717) is 29.1 Å². The number of likely N-dealkylation sites (tertiary alicyclic amines) is 1. The zero-order chi connectivity index (χ0) is 20.5. The van der Waals surface area contributed by atoms with Crippen molar-refractivity contribution >= 4 is 17.1 Å². The van der Waals surface area contributed by atoms with Crippen molar-refractivity contribution in [2.45, 2.75) is 57.0 Å². The van der Waals surface area contributed by atoms with Crippen molar-refractivity contribution in [2.24, 2.45) is 0 Å². The number of nitrogens with one attached hydrogen (secondary N) is 1. The Labute approximate surface area is 175 Å². The molecule has 0 radical (unpaired) electrons. The molecule has 30 heavy (non-hydrogen) atoms. The lowest BCUT2D eigenvalue weighted by Crippen LogP contribution is -2.45. The summed E-state index contributed by atoms with van der Waals surface area (Å²) in [6.45, 7) is 0.711. The Hall–Kier alpha value is -2.89. The number of oxazole rings is 1. The maximum Gasteiger partial charge on any atom is 0.318 e. The molecule has 156 valence electrons. The van der Waals surface area contributed by atoms with E-state index >= 15 is 0 Å². The molecule has 2 aromatic carbocycles. The van der Waals surface area contributed by atoms with Crippen LogP contribution in [0, 0.1) is 5.82 Å². The number of fused-ring (bicyclic) bond motifs is 1. The molecule has 2 aliphatic rings. The summed E-state index contributed by atoms with van der Waals surface area (Å²) in [5, 5.41) is 3.21. The van der Waals surface area contributed by atoms with E-state index in [-0.39, 0.29) is 23.9 Å². The Morgan fingerprint density at radius 1 is 1.07 bits per heavy atom. The van der Waals surface area contributed by atoms with Gasteiger partial charge in [-0.1, -0.05) is 43.5 Å². The fourth-order valence-corrected chi connectivity index (χ4v) is 4.72. The van der Waals surface area contributed by atoms with Gasteiger partial charge in [-0.2, -0.15) is 0 Å². The van der Waals surface area contributed by atoms with Crippen molar-refractivity contribution in [2.75, 3.05) is 6.54 Å². The van der Waals surface area contributed by atoms with Gasteiger partial charge in [-0.25, -0.2) is 14.2 Å². The topological polar surface area (TPSA) is 58.4 Å². The summed E-state index contributed by atoms with van der Waals surface area (Å²) in [6.07, 6.45) is 7.52. The van der Waals surface area contributed by atoms with Gasteiger partial charge in [0.25, 0.3) is 0 Å². The van der Waals surface area contributed by atoms with Crippen LogP contribution in [0.25, 0.3) is 22.2 Å². The van der Waals surface area contributed by atoms with Gasteiger partial charge in [-0.3, -0.25) is 0 Å². The summed E-state index contributed by atoms with van der Waals surface area (Å²) in [6, 6.07) is 12.3. The van der Waals surface area contributed by atoms with E-state index in [2.05, 4.69) is 10.3 Å². The molecule has 2 heterocycles. The fraction of sp³-hybridized carbons (Fsp3) is 0.417. The summed E-state index contributed by atoms with van der Waals surface area (Å²) in [5.74, 6) is 0.300. The second kappa shape index (κ2) is 8.09. The van der Waals surface area contributed by atoms with Crippen molar-refractivity contribution in [3.63, 3.8) is 0 Å². The molecule has 1 aliphatic carbocycles. The van der Waals surface area contributed by atoms with E-state index in [0.717, 1.165) is 31.2 Å². The molecule has 0 spiro atoms. The largest absolute Gasteiger partial charge is 0.438 e. The number of rotatable bonds is 3. The number of nitrogens with zero attached hydrogens (tertiary/aromatic N) is 2. The smallest absolute Gasteiger partial charge is 0.318 e. The Kier molecular flexibility index (Phi) is 5.15. The zero-order valence-electron chi connectivity index (χ0n) is 16.9. The lowest BCUT2D eigenvalue weighted by atomic mass is 9.96. The molecule has 1 aromatic heterocycles. The van der Waals surface area contributed by atoms with E-state index in [1.807, 2.05) is 29.2 Å². The average molecular weight is 407 g/mol. The molecule has 1 aliphatic heterocycles. The third-order valence-corrected chi connectivity index (χ3v) is 6.32. The molecular weight excluding hydrogens is 381 g/mol. The SMILES string of the molecule is O=C(NC1CCCCC1)N1CCC[C@@H]1c1nc2cc(-c3ccccc3F)ccc2o1. The maximum absolute atomic E-state index is 14.2. The summed E-state index contributed by atoms with van der Waals surface area (Å²) in [5.41, 5.74) is 2.65. The highest BCUT2D eigenvalue weighted by molar-refractivity contribution is 5.81. The van der Waals surface area contributed by atoms with Crippen LogP contribution in [0.4, 0.5) is 9.18 Å². The molecule has 0 bridgehead atoms. The molecule has 5 nitrogen and oxygen atoms in total. The van der Waals surface area contributed by atoms with Crippen molar-refractivity contribution in [3.05, 3.63) is 54.2 Å². The zero-order valence-corrected chi connectivity index (χ0v) is 16.9. The number of benzene rings is 2. The minimum absolute atomic E-state index is 0.0151. The molecule has 1 atom stereocenters. The summed E-state index contributed by atoms with van der Waals surface area (Å²) < 4.78 is 20.2. The Balaban J connectivity index is 1.38. The number of hydrogen-bond acceptors (Lipinski definition) is 3. The van der Waals surface area contributed by atoms with Gasteiger partial charge in [0.2, 0.25) is 5.89 Å². The quantitative estimate of drug-likeness (QED) is 0.596. The van der Waals surface area contributed by atoms with Gasteiger partial charge >= 0.3 is 6.03 Å². The highest BCUT2D eigenvalue weighted by atomic mass is 19.1. The van der Waals surface area contributed by atoms with Gasteiger partial charge in [0.15, 0.2) is 5.58 Å². The van der Waals surface area contributed by atoms with Crippen LogP contribution in [-0.4, -0.2) is 28.5 Å². The number of hydrogen-bond donors (Lipinski definition) is 1. The minimum atomic E-state index is -0.262. The maximum atomic E-state index is 14.2. The predicted octanol–water partition coefficient (Wildman–Crippen LogP) is 5.81. The second-order valence-corrected chi connectivity index (χ2v) is 8.35. The van der Waals surface area contributed by atoms with Crippen LogP contribution in [0.3, 0.4) is 0 Å². The Morgan fingerprint density at radius 3 is 2.73 bits per heavy atom. The highest BCUT2D eigenvalue weighted by Crippen LogP contribution is 2.35. The molecule has 1 saturated heterocycles. The minimum Gasteiger partial charge on any atom is -0.438 e. The standard InChI is InChI=1S/C24H26FN3O2/c25-19-10-5-4-9-18(19)16-12-13-22-20(15-16)27-23(30-22)21-11-6-14-28(21)24(29)26-17-7-2-1-3-8-17/h4-5,9-10,12-13,15,17,21H,1-3,6-8,11,14H2,(H,26,29)/t21-/m1/s1. The van der Waals surface area contributed by atoms with Gasteiger partial charge in [-0.05, 0) is 49.4 Å². The summed E-state index contributed by atoms with van der Waals surface area (Å²) in [7, 11) is 0. The van der Waals surface area contributed by atoms with Gasteiger partial charge in [-0.15, -0.1) is 0 Å². The Bertz CT molecular complexity index is 1060. The van der Waals surface area contributed by atoms with Gasteiger partial charge < -0.3 is 14.6 Å². The van der Waals surface area contributed by atoms with E-state index < -0.39 is 0 Å². The number of urea groups is 1. The van der Waals surface area contributed by atoms with Crippen LogP contribution in [-0.2, 0) is 0 Å². The van der Waals surface area contributed by atoms with Crippen LogP contribution in [0.5, 0.6) is 0 Å². The predicted molar refractivity (Wildman–Crippen MR) is 113 cm³/mol. The molecule has 3 aromatic rings. The van der Waals surface area contributed by atoms with Crippen molar-refractivity contribution in [1.29, 1.82) is 0 Å². The van der Waals surface area contributed by atoms with Crippen LogP contribution >= 0.6 is 0 Å². The summed E-state index contributed by atoms with van der Waals surface area (Å²) in [4.78, 5) is 19.4. The van der Waals surface area contributed by atoms with Gasteiger partial charge in [0.05, 0.1) is 0 Å². The molecule has 0 unspecified atom stereocenters. The first kappa shape index (κ1) is 19.1. The molecule has 5 rings (SSSR count). The monoisotopic (exact) mass is 407 g/mol. The normalized spacial score (nSPS) is 20.0. The lowest BCUT2D eigenvalue weighted by Gasteiger charge is -2.28. The first-order valence-corrected chi connectivity index (χ1v) is 10.9. The fourth-order valence-electron chi connectivity index (χ4n) is 4.72. The number of halogens is 1. The second-order valence-electron chi connectivity index (χ2n) is 8.35. The Morgan fingerprint density at radius 2 is 1.90 bits per heavy atom. The number of aromatic nitrogens is 1. The third kappa shape index (κ3) is 3.66. The van der Waals surface area contributed by atoms with Crippen LogP contribution in [0.2, 0.25) is 0 Å². The first-order valence-electron chi connectivity index (χ1n) is 10.9. The molecular formula is C24H26FN3O2.